The summed E-state index contributed by atoms with van der Waals surface area (Å²) in [6.07, 6.45) is 0.0365. The topological polar surface area (TPSA) is 119 Å². The van der Waals surface area contributed by atoms with Crippen molar-refractivity contribution in [3.63, 3.8) is 0 Å². The zero-order chi connectivity index (χ0) is 15.3. The van der Waals surface area contributed by atoms with Crippen molar-refractivity contribution in [2.24, 2.45) is 5.73 Å². The third kappa shape index (κ3) is 6.16. The molecule has 0 amide bonds. The van der Waals surface area contributed by atoms with Gasteiger partial charge in [-0.15, -0.1) is 0 Å². The molecule has 112 valence electrons. The molecule has 0 aliphatic carbocycles. The van der Waals surface area contributed by atoms with Gasteiger partial charge in [-0.25, -0.2) is 4.57 Å². The number of rotatable bonds is 6. The fraction of sp³-hybridized carbons (Fsp3) is 0.417. The molecule has 8 heteroatoms. The van der Waals surface area contributed by atoms with Crippen LogP contribution in [0.15, 0.2) is 24.3 Å². The van der Waals surface area contributed by atoms with Crippen molar-refractivity contribution in [2.45, 2.75) is 32.4 Å². The van der Waals surface area contributed by atoms with Crippen molar-refractivity contribution in [3.05, 3.63) is 29.8 Å². The molecule has 1 unspecified atom stereocenters. The van der Waals surface area contributed by atoms with Gasteiger partial charge in [0.25, 0.3) is 0 Å². The van der Waals surface area contributed by atoms with Crippen molar-refractivity contribution < 1.29 is 28.4 Å². The molecule has 1 rings (SSSR count). The molecular weight excluding hydrogens is 285 g/mol. The minimum Gasteiger partial charge on any atom is -0.462 e. The second kappa shape index (κ2) is 6.85. The predicted octanol–water partition coefficient (Wildman–Crippen LogP) is 0.979. The molecule has 0 bridgehead atoms. The summed E-state index contributed by atoms with van der Waals surface area (Å²) in [6.45, 7) is 3.47. The van der Waals surface area contributed by atoms with Crippen molar-refractivity contribution >= 4 is 13.8 Å². The third-order valence-corrected chi connectivity index (χ3v) is 2.71. The van der Waals surface area contributed by atoms with E-state index in [1.54, 1.807) is 26.0 Å². The lowest BCUT2D eigenvalue weighted by Crippen LogP contribution is -2.35. The normalized spacial score (nSPS) is 13.1. The molecular formula is C12H18NO6P. The molecule has 1 aromatic rings. The molecule has 0 heterocycles. The highest BCUT2D eigenvalue weighted by atomic mass is 31.2. The molecule has 0 saturated heterocycles. The Morgan fingerprint density at radius 3 is 2.30 bits per heavy atom. The van der Waals surface area contributed by atoms with Crippen molar-refractivity contribution in [1.29, 1.82) is 0 Å². The van der Waals surface area contributed by atoms with Gasteiger partial charge in [-0.1, -0.05) is 12.1 Å². The van der Waals surface area contributed by atoms with Gasteiger partial charge in [0.15, 0.2) is 0 Å². The molecule has 0 radical (unpaired) electrons. The predicted molar refractivity (Wildman–Crippen MR) is 72.0 cm³/mol. The van der Waals surface area contributed by atoms with Crippen LogP contribution in [0, 0.1) is 0 Å². The number of benzene rings is 1. The summed E-state index contributed by atoms with van der Waals surface area (Å²) < 4.78 is 20.0. The first kappa shape index (κ1) is 16.7. The molecule has 1 aromatic carbocycles. The highest BCUT2D eigenvalue weighted by Gasteiger charge is 2.18. The van der Waals surface area contributed by atoms with Crippen LogP contribution >= 0.6 is 7.82 Å². The molecule has 1 atom stereocenters. The summed E-state index contributed by atoms with van der Waals surface area (Å²) in [4.78, 5) is 28.8. The molecule has 0 aliphatic heterocycles. The van der Waals surface area contributed by atoms with Crippen molar-refractivity contribution in [2.75, 3.05) is 0 Å². The first-order valence-electron chi connectivity index (χ1n) is 5.97. The summed E-state index contributed by atoms with van der Waals surface area (Å²) in [5.74, 6) is -0.448. The van der Waals surface area contributed by atoms with Crippen LogP contribution in [-0.4, -0.2) is 27.9 Å². The second-order valence-corrected chi connectivity index (χ2v) is 5.69. The SMILES string of the molecule is CC(C)OC(=O)C(N)Cc1ccc(OP(=O)(O)O)cc1. The lowest BCUT2D eigenvalue weighted by atomic mass is 10.1. The van der Waals surface area contributed by atoms with Crippen molar-refractivity contribution in [3.8, 4) is 5.75 Å². The van der Waals surface area contributed by atoms with Gasteiger partial charge in [0, 0.05) is 0 Å². The van der Waals surface area contributed by atoms with Crippen LogP contribution in [0.3, 0.4) is 0 Å². The molecule has 0 aliphatic rings. The van der Waals surface area contributed by atoms with Crippen LogP contribution in [0.25, 0.3) is 0 Å². The van der Waals surface area contributed by atoms with E-state index >= 15 is 0 Å². The summed E-state index contributed by atoms with van der Waals surface area (Å²) >= 11 is 0. The highest BCUT2D eigenvalue weighted by molar-refractivity contribution is 7.46. The molecule has 0 saturated carbocycles. The largest absolute Gasteiger partial charge is 0.524 e. The zero-order valence-electron chi connectivity index (χ0n) is 11.2. The van der Waals surface area contributed by atoms with Gasteiger partial charge in [-0.05, 0) is 38.0 Å². The average Bonchev–Trinajstić information content (AvgIpc) is 2.28. The van der Waals surface area contributed by atoms with E-state index < -0.39 is 19.8 Å². The number of phosphoric acid groups is 1. The average molecular weight is 303 g/mol. The first-order chi connectivity index (χ1) is 9.17. The van der Waals surface area contributed by atoms with E-state index in [1.807, 2.05) is 0 Å². The second-order valence-electron chi connectivity index (χ2n) is 4.52. The smallest absolute Gasteiger partial charge is 0.462 e. The lowest BCUT2D eigenvalue weighted by molar-refractivity contribution is -0.148. The Labute approximate surface area is 116 Å². The first-order valence-corrected chi connectivity index (χ1v) is 7.50. The molecule has 7 nitrogen and oxygen atoms in total. The Balaban J connectivity index is 2.61. The van der Waals surface area contributed by atoms with E-state index in [-0.39, 0.29) is 18.3 Å². The summed E-state index contributed by atoms with van der Waals surface area (Å²) in [6, 6.07) is 5.16. The zero-order valence-corrected chi connectivity index (χ0v) is 12.1. The summed E-state index contributed by atoms with van der Waals surface area (Å²) in [5.41, 5.74) is 6.44. The monoisotopic (exact) mass is 303 g/mol. The van der Waals surface area contributed by atoms with Crippen LogP contribution in [0.4, 0.5) is 0 Å². The van der Waals surface area contributed by atoms with Gasteiger partial charge in [0.1, 0.15) is 11.8 Å². The van der Waals surface area contributed by atoms with Gasteiger partial charge >= 0.3 is 13.8 Å². The Morgan fingerprint density at radius 1 is 1.30 bits per heavy atom. The number of esters is 1. The molecule has 0 aromatic heterocycles. The molecule has 0 spiro atoms. The highest BCUT2D eigenvalue weighted by Crippen LogP contribution is 2.37. The van der Waals surface area contributed by atoms with Gasteiger partial charge in [0.2, 0.25) is 0 Å². The maximum absolute atomic E-state index is 11.5. The van der Waals surface area contributed by atoms with Crippen LogP contribution in [0.5, 0.6) is 5.75 Å². The molecule has 0 fully saturated rings. The minimum atomic E-state index is -4.56. The number of phosphoric ester groups is 1. The fourth-order valence-corrected chi connectivity index (χ4v) is 1.88. The molecule has 20 heavy (non-hydrogen) atoms. The number of nitrogens with two attached hydrogens (primary N) is 1. The number of hydrogen-bond acceptors (Lipinski definition) is 5. The third-order valence-electron chi connectivity index (χ3n) is 2.26. The standard InChI is InChI=1S/C12H18NO6P/c1-8(2)18-12(14)11(13)7-9-3-5-10(6-4-9)19-20(15,16)17/h3-6,8,11H,7,13H2,1-2H3,(H2,15,16,17). The van der Waals surface area contributed by atoms with Gasteiger partial charge in [-0.3, -0.25) is 14.6 Å². The number of carbonyl (C=O) groups is 1. The van der Waals surface area contributed by atoms with Crippen LogP contribution in [0.2, 0.25) is 0 Å². The van der Waals surface area contributed by atoms with Crippen LogP contribution < -0.4 is 10.3 Å². The fourth-order valence-electron chi connectivity index (χ4n) is 1.48. The number of ether oxygens (including phenoxy) is 1. The van der Waals surface area contributed by atoms with Gasteiger partial charge < -0.3 is 15.0 Å². The summed E-state index contributed by atoms with van der Waals surface area (Å²) in [5, 5.41) is 0. The van der Waals surface area contributed by atoms with Crippen LogP contribution in [-0.2, 0) is 20.5 Å². The minimum absolute atomic E-state index is 0.0420. The van der Waals surface area contributed by atoms with E-state index in [2.05, 4.69) is 4.52 Å². The summed E-state index contributed by atoms with van der Waals surface area (Å²) in [7, 11) is -4.56. The Morgan fingerprint density at radius 2 is 1.85 bits per heavy atom. The maximum Gasteiger partial charge on any atom is 0.524 e. The Kier molecular flexibility index (Phi) is 5.71. The lowest BCUT2D eigenvalue weighted by Gasteiger charge is -2.14. The van der Waals surface area contributed by atoms with E-state index in [9.17, 15) is 9.36 Å². The van der Waals surface area contributed by atoms with E-state index in [0.29, 0.717) is 0 Å². The van der Waals surface area contributed by atoms with E-state index in [1.165, 1.54) is 12.1 Å². The molecule has 4 N–H and O–H groups in total. The maximum atomic E-state index is 11.5. The van der Waals surface area contributed by atoms with Gasteiger partial charge in [-0.2, -0.15) is 0 Å². The Bertz CT molecular complexity index is 495. The number of carbonyl (C=O) groups excluding carboxylic acids is 1. The van der Waals surface area contributed by atoms with E-state index in [0.717, 1.165) is 5.56 Å². The van der Waals surface area contributed by atoms with Gasteiger partial charge in [0.05, 0.1) is 6.10 Å². The Hall–Kier alpha value is -1.40. The quantitative estimate of drug-likeness (QED) is 0.529. The van der Waals surface area contributed by atoms with E-state index in [4.69, 9.17) is 20.3 Å². The number of hydrogen-bond donors (Lipinski definition) is 3. The van der Waals surface area contributed by atoms with Crippen LogP contribution in [0.1, 0.15) is 19.4 Å². The van der Waals surface area contributed by atoms with Crippen molar-refractivity contribution in [1.82, 2.24) is 0 Å².